The number of amides is 1. The van der Waals surface area contributed by atoms with Crippen molar-refractivity contribution in [1.29, 1.82) is 0 Å². The first-order valence-electron chi connectivity index (χ1n) is 10.3. The highest BCUT2D eigenvalue weighted by atomic mass is 35.5. The summed E-state index contributed by atoms with van der Waals surface area (Å²) in [7, 11) is 0. The van der Waals surface area contributed by atoms with Crippen molar-refractivity contribution in [2.75, 3.05) is 19.7 Å². The third-order valence-electron chi connectivity index (χ3n) is 5.35. The number of benzene rings is 1. The summed E-state index contributed by atoms with van der Waals surface area (Å²) in [6.07, 6.45) is 2.83. The average molecular weight is 418 g/mol. The fourth-order valence-corrected chi connectivity index (χ4v) is 4.14. The van der Waals surface area contributed by atoms with Crippen LogP contribution in [-0.4, -0.2) is 46.3 Å². The van der Waals surface area contributed by atoms with Crippen molar-refractivity contribution in [2.45, 2.75) is 46.5 Å². The molecule has 1 aromatic heterocycles. The SMILES string of the molecule is CCOC(=O)C1CCCN(C(=O)c2c(CC)nn(-c3ccccc3Cl)c2CC)C1. The standard InChI is InChI=1S/C22H28ClN3O3/c1-4-17-20(18(5-2)26(24-17)19-12-8-7-11-16(19)23)21(27)25-13-9-10-15(14-25)22(28)29-6-3/h7-8,11-12,15H,4-6,9-10,13-14H2,1-3H3. The van der Waals surface area contributed by atoms with E-state index in [1.54, 1.807) is 16.5 Å². The highest BCUT2D eigenvalue weighted by Gasteiger charge is 2.33. The smallest absolute Gasteiger partial charge is 0.310 e. The van der Waals surface area contributed by atoms with Crippen molar-refractivity contribution in [2.24, 2.45) is 5.92 Å². The molecule has 3 rings (SSSR count). The molecule has 1 aromatic carbocycles. The largest absolute Gasteiger partial charge is 0.466 e. The lowest BCUT2D eigenvalue weighted by Gasteiger charge is -2.31. The van der Waals surface area contributed by atoms with Crippen molar-refractivity contribution in [3.8, 4) is 5.69 Å². The number of nitrogens with zero attached hydrogens (tertiary/aromatic N) is 3. The fraction of sp³-hybridized carbons (Fsp3) is 0.500. The van der Waals surface area contributed by atoms with E-state index in [0.717, 1.165) is 29.9 Å². The van der Waals surface area contributed by atoms with Crippen LogP contribution in [0, 0.1) is 5.92 Å². The number of halogens is 1. The van der Waals surface area contributed by atoms with E-state index in [1.807, 2.05) is 38.1 Å². The minimum Gasteiger partial charge on any atom is -0.466 e. The second-order valence-corrected chi connectivity index (χ2v) is 7.59. The van der Waals surface area contributed by atoms with Crippen LogP contribution in [0.3, 0.4) is 0 Å². The van der Waals surface area contributed by atoms with Gasteiger partial charge in [0.05, 0.1) is 40.2 Å². The maximum absolute atomic E-state index is 13.5. The lowest BCUT2D eigenvalue weighted by molar-refractivity contribution is -0.149. The normalized spacial score (nSPS) is 16.7. The number of carbonyl (C=O) groups excluding carboxylic acids is 2. The molecule has 0 radical (unpaired) electrons. The number of hydrogen-bond acceptors (Lipinski definition) is 4. The number of likely N-dealkylation sites (tertiary alicyclic amines) is 1. The minimum absolute atomic E-state index is 0.0639. The quantitative estimate of drug-likeness (QED) is 0.664. The molecule has 0 N–H and O–H groups in total. The van der Waals surface area contributed by atoms with Gasteiger partial charge in [-0.15, -0.1) is 0 Å². The highest BCUT2D eigenvalue weighted by Crippen LogP contribution is 2.28. The van der Waals surface area contributed by atoms with E-state index in [0.29, 0.717) is 43.1 Å². The van der Waals surface area contributed by atoms with Crippen LogP contribution in [0.4, 0.5) is 0 Å². The molecule has 6 nitrogen and oxygen atoms in total. The van der Waals surface area contributed by atoms with Gasteiger partial charge in [0.15, 0.2) is 0 Å². The van der Waals surface area contributed by atoms with Gasteiger partial charge in [-0.3, -0.25) is 9.59 Å². The van der Waals surface area contributed by atoms with Crippen molar-refractivity contribution >= 4 is 23.5 Å². The van der Waals surface area contributed by atoms with Crippen LogP contribution in [0.2, 0.25) is 5.02 Å². The molecule has 0 spiro atoms. The van der Waals surface area contributed by atoms with Crippen LogP contribution in [0.5, 0.6) is 0 Å². The van der Waals surface area contributed by atoms with Gasteiger partial charge in [0, 0.05) is 13.1 Å². The summed E-state index contributed by atoms with van der Waals surface area (Å²) in [5.41, 5.74) is 3.01. The van der Waals surface area contributed by atoms with Gasteiger partial charge >= 0.3 is 5.97 Å². The van der Waals surface area contributed by atoms with Gasteiger partial charge in [-0.05, 0) is 44.7 Å². The number of ether oxygens (including phenoxy) is 1. The van der Waals surface area contributed by atoms with Crippen LogP contribution >= 0.6 is 11.6 Å². The zero-order chi connectivity index (χ0) is 21.0. The monoisotopic (exact) mass is 417 g/mol. The average Bonchev–Trinajstić information content (AvgIpc) is 3.12. The predicted octanol–water partition coefficient (Wildman–Crippen LogP) is 4.07. The number of esters is 1. The lowest BCUT2D eigenvalue weighted by Crippen LogP contribution is -2.43. The lowest BCUT2D eigenvalue weighted by atomic mass is 9.97. The molecule has 1 unspecified atom stereocenters. The van der Waals surface area contributed by atoms with Crippen molar-refractivity contribution in [3.05, 3.63) is 46.2 Å². The van der Waals surface area contributed by atoms with E-state index < -0.39 is 0 Å². The second-order valence-electron chi connectivity index (χ2n) is 7.18. The van der Waals surface area contributed by atoms with E-state index in [1.165, 1.54) is 0 Å². The van der Waals surface area contributed by atoms with Gasteiger partial charge in [0.1, 0.15) is 0 Å². The topological polar surface area (TPSA) is 64.4 Å². The van der Waals surface area contributed by atoms with E-state index in [2.05, 4.69) is 0 Å². The number of para-hydroxylation sites is 1. The second kappa shape index (κ2) is 9.44. The van der Waals surface area contributed by atoms with Gasteiger partial charge in [0.25, 0.3) is 5.91 Å². The van der Waals surface area contributed by atoms with Gasteiger partial charge in [-0.1, -0.05) is 37.6 Å². The van der Waals surface area contributed by atoms with Crippen LogP contribution in [0.25, 0.3) is 5.69 Å². The van der Waals surface area contributed by atoms with Crippen LogP contribution in [0.1, 0.15) is 55.4 Å². The van der Waals surface area contributed by atoms with Crippen molar-refractivity contribution < 1.29 is 14.3 Å². The summed E-state index contributed by atoms with van der Waals surface area (Å²) >= 11 is 6.40. The molecule has 1 saturated heterocycles. The number of piperidine rings is 1. The van der Waals surface area contributed by atoms with Gasteiger partial charge < -0.3 is 9.64 Å². The Bertz CT molecular complexity index is 893. The Kier molecular flexibility index (Phi) is 6.96. The predicted molar refractivity (Wildman–Crippen MR) is 113 cm³/mol. The van der Waals surface area contributed by atoms with Gasteiger partial charge in [0.2, 0.25) is 0 Å². The number of aryl methyl sites for hydroxylation is 1. The zero-order valence-electron chi connectivity index (χ0n) is 17.3. The highest BCUT2D eigenvalue weighted by molar-refractivity contribution is 6.32. The molecule has 156 valence electrons. The van der Waals surface area contributed by atoms with E-state index in [-0.39, 0.29) is 17.8 Å². The zero-order valence-corrected chi connectivity index (χ0v) is 18.0. The molecular weight excluding hydrogens is 390 g/mol. The first kappa shape index (κ1) is 21.4. The maximum Gasteiger partial charge on any atom is 0.310 e. The Morgan fingerprint density at radius 1 is 1.21 bits per heavy atom. The summed E-state index contributed by atoms with van der Waals surface area (Å²) in [6, 6.07) is 7.50. The molecule has 2 aromatic rings. The van der Waals surface area contributed by atoms with E-state index >= 15 is 0 Å². The Labute approximate surface area is 176 Å². The Balaban J connectivity index is 1.96. The summed E-state index contributed by atoms with van der Waals surface area (Å²) in [4.78, 5) is 27.5. The molecule has 1 atom stereocenters. The molecule has 29 heavy (non-hydrogen) atoms. The molecule has 7 heteroatoms. The summed E-state index contributed by atoms with van der Waals surface area (Å²) in [6.45, 7) is 7.19. The van der Waals surface area contributed by atoms with Crippen LogP contribution in [0.15, 0.2) is 24.3 Å². The summed E-state index contributed by atoms with van der Waals surface area (Å²) in [5, 5.41) is 5.31. The first-order chi connectivity index (χ1) is 14.0. The molecule has 1 aliphatic rings. The number of carbonyl (C=O) groups is 2. The van der Waals surface area contributed by atoms with Crippen molar-refractivity contribution in [3.63, 3.8) is 0 Å². The number of aromatic nitrogens is 2. The minimum atomic E-state index is -0.263. The van der Waals surface area contributed by atoms with Crippen LogP contribution in [-0.2, 0) is 22.4 Å². The number of hydrogen-bond donors (Lipinski definition) is 0. The molecular formula is C22H28ClN3O3. The molecule has 0 saturated carbocycles. The van der Waals surface area contributed by atoms with Crippen LogP contribution < -0.4 is 0 Å². The third-order valence-corrected chi connectivity index (χ3v) is 5.67. The molecule has 1 fully saturated rings. The number of rotatable bonds is 6. The third kappa shape index (κ3) is 4.32. The Morgan fingerprint density at radius 3 is 2.62 bits per heavy atom. The fourth-order valence-electron chi connectivity index (χ4n) is 3.92. The summed E-state index contributed by atoms with van der Waals surface area (Å²) < 4.78 is 6.96. The molecule has 0 aliphatic carbocycles. The summed E-state index contributed by atoms with van der Waals surface area (Å²) in [5.74, 6) is -0.546. The Morgan fingerprint density at radius 2 is 1.97 bits per heavy atom. The maximum atomic E-state index is 13.5. The van der Waals surface area contributed by atoms with Crippen molar-refractivity contribution in [1.82, 2.24) is 14.7 Å². The Hall–Kier alpha value is -2.34. The molecule has 0 bridgehead atoms. The van der Waals surface area contributed by atoms with E-state index in [9.17, 15) is 9.59 Å². The molecule has 2 heterocycles. The van der Waals surface area contributed by atoms with Gasteiger partial charge in [-0.25, -0.2) is 4.68 Å². The molecule has 1 amide bonds. The first-order valence-corrected chi connectivity index (χ1v) is 10.7. The van der Waals surface area contributed by atoms with Gasteiger partial charge in [-0.2, -0.15) is 5.10 Å². The van der Waals surface area contributed by atoms with E-state index in [4.69, 9.17) is 21.4 Å². The molecule has 1 aliphatic heterocycles.